The zero-order chi connectivity index (χ0) is 18.0. The van der Waals surface area contributed by atoms with E-state index in [-0.39, 0.29) is 18.1 Å². The minimum absolute atomic E-state index is 0.0906. The van der Waals surface area contributed by atoms with Crippen molar-refractivity contribution in [1.82, 2.24) is 35.2 Å². The van der Waals surface area contributed by atoms with Crippen LogP contribution in [0.1, 0.15) is 75.9 Å². The summed E-state index contributed by atoms with van der Waals surface area (Å²) in [6, 6.07) is -0.0901. The van der Waals surface area contributed by atoms with Gasteiger partial charge in [0.1, 0.15) is 5.82 Å². The van der Waals surface area contributed by atoms with Gasteiger partial charge in [-0.2, -0.15) is 10.2 Å². The first-order chi connectivity index (χ1) is 12.0. The first-order valence-electron chi connectivity index (χ1n) is 9.02. The fraction of sp³-hybridized carbons (Fsp3) is 0.647. The van der Waals surface area contributed by atoms with Gasteiger partial charge in [0.25, 0.3) is 0 Å². The summed E-state index contributed by atoms with van der Waals surface area (Å²) in [5.41, 5.74) is 0.990. The van der Waals surface area contributed by atoms with Crippen molar-refractivity contribution < 1.29 is 4.79 Å². The Bertz CT molecular complexity index is 733. The van der Waals surface area contributed by atoms with E-state index in [1.54, 1.807) is 6.20 Å². The molecule has 2 aromatic rings. The molecule has 2 N–H and O–H groups in total. The van der Waals surface area contributed by atoms with Crippen LogP contribution in [-0.4, -0.2) is 30.6 Å². The maximum absolute atomic E-state index is 12.4. The molecule has 0 spiro atoms. The van der Waals surface area contributed by atoms with Crippen LogP contribution in [0, 0.1) is 0 Å². The summed E-state index contributed by atoms with van der Waals surface area (Å²) in [7, 11) is 0. The standard InChI is InChI=1S/C17H27N7O/c1-5-15-21-16-14(7-6-8-23(16)22-15)20-17(25)19-12(4)13-9-18-24(10-13)11(2)3/h9-12,14H,5-8H2,1-4H3,(H2,19,20,25)/t12-,14-/m1/s1. The summed E-state index contributed by atoms with van der Waals surface area (Å²) >= 11 is 0. The molecule has 1 aliphatic rings. The first kappa shape index (κ1) is 17.4. The van der Waals surface area contributed by atoms with Crippen LogP contribution in [-0.2, 0) is 13.0 Å². The Morgan fingerprint density at radius 1 is 1.40 bits per heavy atom. The summed E-state index contributed by atoms with van der Waals surface area (Å²) < 4.78 is 3.81. The molecule has 0 fully saturated rings. The highest BCUT2D eigenvalue weighted by Crippen LogP contribution is 2.23. The van der Waals surface area contributed by atoms with E-state index in [9.17, 15) is 4.79 Å². The van der Waals surface area contributed by atoms with Crippen LogP contribution in [0.4, 0.5) is 4.79 Å². The molecular formula is C17H27N7O. The maximum Gasteiger partial charge on any atom is 0.315 e. The lowest BCUT2D eigenvalue weighted by Crippen LogP contribution is -2.41. The van der Waals surface area contributed by atoms with Crippen LogP contribution in [0.3, 0.4) is 0 Å². The van der Waals surface area contributed by atoms with Gasteiger partial charge in [-0.3, -0.25) is 4.68 Å². The third kappa shape index (κ3) is 3.83. The van der Waals surface area contributed by atoms with E-state index in [0.717, 1.165) is 43.0 Å². The molecule has 3 rings (SSSR count). The molecule has 8 nitrogen and oxygen atoms in total. The van der Waals surface area contributed by atoms with Crippen molar-refractivity contribution in [3.8, 4) is 0 Å². The molecule has 3 heterocycles. The van der Waals surface area contributed by atoms with E-state index >= 15 is 0 Å². The van der Waals surface area contributed by atoms with E-state index in [1.165, 1.54) is 0 Å². The molecule has 136 valence electrons. The lowest BCUT2D eigenvalue weighted by atomic mass is 10.1. The van der Waals surface area contributed by atoms with Crippen molar-refractivity contribution in [1.29, 1.82) is 0 Å². The van der Waals surface area contributed by atoms with Gasteiger partial charge in [0.2, 0.25) is 0 Å². The third-order valence-corrected chi connectivity index (χ3v) is 4.54. The fourth-order valence-corrected chi connectivity index (χ4v) is 3.02. The van der Waals surface area contributed by atoms with Crippen LogP contribution < -0.4 is 10.6 Å². The molecule has 1 aliphatic heterocycles. The Hall–Kier alpha value is -2.38. The molecule has 0 bridgehead atoms. The topological polar surface area (TPSA) is 89.7 Å². The van der Waals surface area contributed by atoms with Gasteiger partial charge in [-0.05, 0) is 33.6 Å². The molecule has 0 saturated heterocycles. The lowest BCUT2D eigenvalue weighted by Gasteiger charge is -2.24. The van der Waals surface area contributed by atoms with E-state index in [4.69, 9.17) is 0 Å². The second-order valence-corrected chi connectivity index (χ2v) is 6.84. The minimum atomic E-state index is -0.190. The fourth-order valence-electron chi connectivity index (χ4n) is 3.02. The number of nitrogens with zero attached hydrogens (tertiary/aromatic N) is 5. The number of amides is 2. The number of rotatable bonds is 5. The molecule has 2 atom stereocenters. The van der Waals surface area contributed by atoms with Gasteiger partial charge in [0.15, 0.2) is 5.82 Å². The van der Waals surface area contributed by atoms with Crippen LogP contribution in [0.2, 0.25) is 0 Å². The third-order valence-electron chi connectivity index (χ3n) is 4.54. The smallest absolute Gasteiger partial charge is 0.315 e. The minimum Gasteiger partial charge on any atom is -0.332 e. The van der Waals surface area contributed by atoms with E-state index in [0.29, 0.717) is 6.04 Å². The number of fused-ring (bicyclic) bond motifs is 1. The summed E-state index contributed by atoms with van der Waals surface area (Å²) in [4.78, 5) is 17.0. The lowest BCUT2D eigenvalue weighted by molar-refractivity contribution is 0.229. The first-order valence-corrected chi connectivity index (χ1v) is 9.02. The van der Waals surface area contributed by atoms with Crippen LogP contribution in [0.15, 0.2) is 12.4 Å². The zero-order valence-corrected chi connectivity index (χ0v) is 15.4. The quantitative estimate of drug-likeness (QED) is 0.871. The van der Waals surface area contributed by atoms with Crippen molar-refractivity contribution in [2.45, 2.75) is 71.6 Å². The van der Waals surface area contributed by atoms with Gasteiger partial charge in [-0.25, -0.2) is 14.5 Å². The Kier molecular flexibility index (Phi) is 5.06. The summed E-state index contributed by atoms with van der Waals surface area (Å²) in [6.07, 6.45) is 6.45. The monoisotopic (exact) mass is 345 g/mol. The molecule has 0 radical (unpaired) electrons. The highest BCUT2D eigenvalue weighted by atomic mass is 16.2. The van der Waals surface area contributed by atoms with Crippen molar-refractivity contribution in [2.75, 3.05) is 0 Å². The Balaban J connectivity index is 1.62. The summed E-state index contributed by atoms with van der Waals surface area (Å²) in [5.74, 6) is 1.69. The summed E-state index contributed by atoms with van der Waals surface area (Å²) in [6.45, 7) is 9.01. The number of hydrogen-bond donors (Lipinski definition) is 2. The van der Waals surface area contributed by atoms with Crippen molar-refractivity contribution in [3.05, 3.63) is 29.6 Å². The second kappa shape index (κ2) is 7.25. The van der Waals surface area contributed by atoms with Gasteiger partial charge < -0.3 is 10.6 Å². The zero-order valence-electron chi connectivity index (χ0n) is 15.4. The molecule has 0 aliphatic carbocycles. The normalized spacial score (nSPS) is 18.0. The van der Waals surface area contributed by atoms with Crippen LogP contribution in [0.25, 0.3) is 0 Å². The number of aromatic nitrogens is 5. The van der Waals surface area contributed by atoms with Gasteiger partial charge in [0.05, 0.1) is 18.3 Å². The molecule has 8 heteroatoms. The van der Waals surface area contributed by atoms with Gasteiger partial charge in [-0.1, -0.05) is 6.92 Å². The average Bonchev–Trinajstić information content (AvgIpc) is 3.22. The molecule has 0 saturated carbocycles. The Morgan fingerprint density at radius 3 is 2.88 bits per heavy atom. The highest BCUT2D eigenvalue weighted by Gasteiger charge is 2.26. The largest absolute Gasteiger partial charge is 0.332 e. The van der Waals surface area contributed by atoms with Crippen molar-refractivity contribution >= 4 is 6.03 Å². The van der Waals surface area contributed by atoms with Crippen molar-refractivity contribution in [3.63, 3.8) is 0 Å². The number of hydrogen-bond acceptors (Lipinski definition) is 4. The molecule has 2 aromatic heterocycles. The van der Waals surface area contributed by atoms with Gasteiger partial charge >= 0.3 is 6.03 Å². The maximum atomic E-state index is 12.4. The number of carbonyl (C=O) groups is 1. The van der Waals surface area contributed by atoms with E-state index in [1.807, 2.05) is 29.4 Å². The number of nitrogens with one attached hydrogen (secondary N) is 2. The Morgan fingerprint density at radius 2 is 2.20 bits per heavy atom. The number of aryl methyl sites for hydroxylation is 2. The van der Waals surface area contributed by atoms with Gasteiger partial charge in [-0.15, -0.1) is 0 Å². The predicted molar refractivity (Wildman–Crippen MR) is 94.1 cm³/mol. The van der Waals surface area contributed by atoms with Gasteiger partial charge in [0, 0.05) is 30.8 Å². The summed E-state index contributed by atoms with van der Waals surface area (Å²) in [5, 5.41) is 14.8. The molecule has 25 heavy (non-hydrogen) atoms. The average molecular weight is 345 g/mol. The molecule has 0 unspecified atom stereocenters. The van der Waals surface area contributed by atoms with Crippen LogP contribution >= 0.6 is 0 Å². The number of urea groups is 1. The second-order valence-electron chi connectivity index (χ2n) is 6.84. The molecule has 0 aromatic carbocycles. The van der Waals surface area contributed by atoms with Crippen molar-refractivity contribution in [2.24, 2.45) is 0 Å². The van der Waals surface area contributed by atoms with E-state index < -0.39 is 0 Å². The Labute approximate surface area is 148 Å². The predicted octanol–water partition coefficient (Wildman–Crippen LogP) is 2.51. The highest BCUT2D eigenvalue weighted by molar-refractivity contribution is 5.74. The SMILES string of the molecule is CCc1nc2n(n1)CCC[C@H]2NC(=O)N[C@H](C)c1cnn(C(C)C)c1. The molecule has 2 amide bonds. The number of carbonyl (C=O) groups excluding carboxylic acids is 1. The van der Waals surface area contributed by atoms with Crippen LogP contribution in [0.5, 0.6) is 0 Å². The van der Waals surface area contributed by atoms with E-state index in [2.05, 4.69) is 39.7 Å². The molecular weight excluding hydrogens is 318 g/mol.